The lowest BCUT2D eigenvalue weighted by molar-refractivity contribution is -0.135. The van der Waals surface area contributed by atoms with Crippen LogP contribution < -0.4 is 9.92 Å². The number of carbonyl (C=O) groups excluding carboxylic acids is 1. The zero-order valence-corrected chi connectivity index (χ0v) is 17.8. The van der Waals surface area contributed by atoms with Crippen molar-refractivity contribution in [3.8, 4) is 5.75 Å². The Labute approximate surface area is 153 Å². The lowest BCUT2D eigenvalue weighted by Gasteiger charge is -2.23. The van der Waals surface area contributed by atoms with Gasteiger partial charge in [-0.25, -0.2) is 0 Å². The number of benzene rings is 1. The monoisotopic (exact) mass is 359 g/mol. The number of ether oxygens (including phenoxy) is 1. The van der Waals surface area contributed by atoms with Crippen LogP contribution in [0.1, 0.15) is 53.0 Å². The summed E-state index contributed by atoms with van der Waals surface area (Å²) in [6, 6.07) is 6.80. The summed E-state index contributed by atoms with van der Waals surface area (Å²) >= 11 is 0. The second kappa shape index (κ2) is 7.77. The molecular formula is C21H33NO2Si. The topological polar surface area (TPSA) is 31.2 Å². The van der Waals surface area contributed by atoms with E-state index in [4.69, 9.17) is 4.74 Å². The summed E-state index contributed by atoms with van der Waals surface area (Å²) in [5.74, 6) is 0.938. The minimum atomic E-state index is -1.68. The lowest BCUT2D eigenvalue weighted by atomic mass is 10.1. The Kier molecular flexibility index (Phi) is 6.15. The maximum Gasteiger partial charge on any atom is 0.311 e. The van der Waals surface area contributed by atoms with Crippen molar-refractivity contribution in [2.45, 2.75) is 72.6 Å². The predicted octanol–water partition coefficient (Wildman–Crippen LogP) is 5.50. The molecule has 1 aromatic carbocycles. The molecule has 138 valence electrons. The SMILES string of the molecule is CCCC(C)n1ccc2c([Si](C)(C)C)c(OC(=O)CC(C)C)ccc21. The number of rotatable bonds is 7. The first-order valence-electron chi connectivity index (χ1n) is 9.49. The predicted molar refractivity (Wildman–Crippen MR) is 110 cm³/mol. The summed E-state index contributed by atoms with van der Waals surface area (Å²) in [5, 5.41) is 2.50. The fourth-order valence-corrected chi connectivity index (χ4v) is 5.41. The fourth-order valence-electron chi connectivity index (χ4n) is 3.52. The van der Waals surface area contributed by atoms with Crippen molar-refractivity contribution in [3.63, 3.8) is 0 Å². The molecule has 2 aromatic rings. The Bertz CT molecular complexity index is 740. The Morgan fingerprint density at radius 2 is 1.84 bits per heavy atom. The maximum absolute atomic E-state index is 12.2. The number of fused-ring (bicyclic) bond motifs is 1. The molecule has 1 aromatic heterocycles. The summed E-state index contributed by atoms with van der Waals surface area (Å²) in [6.07, 6.45) is 4.98. The molecule has 0 amide bonds. The maximum atomic E-state index is 12.2. The first kappa shape index (κ1) is 19.8. The van der Waals surface area contributed by atoms with Crippen molar-refractivity contribution in [1.29, 1.82) is 0 Å². The third-order valence-electron chi connectivity index (χ3n) is 4.59. The highest BCUT2D eigenvalue weighted by atomic mass is 28.3. The van der Waals surface area contributed by atoms with E-state index < -0.39 is 8.07 Å². The molecule has 0 saturated heterocycles. The Morgan fingerprint density at radius 1 is 1.16 bits per heavy atom. The molecular weight excluding hydrogens is 326 g/mol. The number of hydrogen-bond acceptors (Lipinski definition) is 2. The molecule has 0 radical (unpaired) electrons. The van der Waals surface area contributed by atoms with Crippen LogP contribution in [0.3, 0.4) is 0 Å². The van der Waals surface area contributed by atoms with E-state index in [9.17, 15) is 4.79 Å². The minimum Gasteiger partial charge on any atom is -0.427 e. The van der Waals surface area contributed by atoms with Gasteiger partial charge in [-0.15, -0.1) is 0 Å². The van der Waals surface area contributed by atoms with Crippen LogP contribution in [0.5, 0.6) is 5.75 Å². The van der Waals surface area contributed by atoms with Crippen LogP contribution in [-0.4, -0.2) is 18.6 Å². The van der Waals surface area contributed by atoms with Gasteiger partial charge in [-0.3, -0.25) is 4.79 Å². The minimum absolute atomic E-state index is 0.132. The van der Waals surface area contributed by atoms with Crippen LogP contribution in [-0.2, 0) is 4.79 Å². The van der Waals surface area contributed by atoms with Crippen LogP contribution in [0.25, 0.3) is 10.9 Å². The van der Waals surface area contributed by atoms with E-state index in [0.717, 1.165) is 12.2 Å². The number of nitrogens with zero attached hydrogens (tertiary/aromatic N) is 1. The van der Waals surface area contributed by atoms with E-state index in [2.05, 4.69) is 56.4 Å². The Hall–Kier alpha value is -1.55. The molecule has 3 nitrogen and oxygen atoms in total. The number of esters is 1. The van der Waals surface area contributed by atoms with Gasteiger partial charge in [0.1, 0.15) is 5.75 Å². The third kappa shape index (κ3) is 4.54. The molecule has 0 bridgehead atoms. The summed E-state index contributed by atoms with van der Waals surface area (Å²) in [5.41, 5.74) is 1.25. The van der Waals surface area contributed by atoms with E-state index in [1.807, 2.05) is 19.9 Å². The van der Waals surface area contributed by atoms with Gasteiger partial charge in [-0.1, -0.05) is 46.8 Å². The van der Waals surface area contributed by atoms with E-state index >= 15 is 0 Å². The average Bonchev–Trinajstić information content (AvgIpc) is 2.88. The number of hydrogen-bond donors (Lipinski definition) is 0. The van der Waals surface area contributed by atoms with Gasteiger partial charge >= 0.3 is 5.97 Å². The van der Waals surface area contributed by atoms with Gasteiger partial charge < -0.3 is 9.30 Å². The average molecular weight is 360 g/mol. The molecule has 25 heavy (non-hydrogen) atoms. The van der Waals surface area contributed by atoms with Crippen LogP contribution in [0, 0.1) is 5.92 Å². The quantitative estimate of drug-likeness (QED) is 0.371. The van der Waals surface area contributed by atoms with Gasteiger partial charge in [0, 0.05) is 29.6 Å². The van der Waals surface area contributed by atoms with Crippen molar-refractivity contribution in [2.75, 3.05) is 0 Å². The van der Waals surface area contributed by atoms with Gasteiger partial charge in [-0.2, -0.15) is 0 Å². The first-order valence-corrected chi connectivity index (χ1v) is 13.0. The van der Waals surface area contributed by atoms with E-state index in [1.165, 1.54) is 22.5 Å². The molecule has 0 aliphatic heterocycles. The second-order valence-electron chi connectivity index (χ2n) is 8.55. The van der Waals surface area contributed by atoms with Crippen LogP contribution in [0.4, 0.5) is 0 Å². The van der Waals surface area contributed by atoms with E-state index in [1.54, 1.807) is 0 Å². The smallest absolute Gasteiger partial charge is 0.311 e. The molecule has 1 heterocycles. The van der Waals surface area contributed by atoms with Crippen LogP contribution in [0.2, 0.25) is 19.6 Å². The Balaban J connectivity index is 2.52. The highest BCUT2D eigenvalue weighted by Gasteiger charge is 2.26. The van der Waals surface area contributed by atoms with Crippen molar-refractivity contribution in [2.24, 2.45) is 5.92 Å². The van der Waals surface area contributed by atoms with Gasteiger partial charge in [-0.05, 0) is 42.6 Å². The van der Waals surface area contributed by atoms with Gasteiger partial charge in [0.15, 0.2) is 0 Å². The molecule has 0 fully saturated rings. The van der Waals surface area contributed by atoms with Crippen molar-refractivity contribution in [1.82, 2.24) is 4.57 Å². The van der Waals surface area contributed by atoms with Crippen molar-refractivity contribution in [3.05, 3.63) is 24.4 Å². The molecule has 0 N–H and O–H groups in total. The molecule has 2 rings (SSSR count). The number of carbonyl (C=O) groups is 1. The van der Waals surface area contributed by atoms with Gasteiger partial charge in [0.05, 0.1) is 8.07 Å². The van der Waals surface area contributed by atoms with Gasteiger partial charge in [0.2, 0.25) is 0 Å². The summed E-state index contributed by atoms with van der Waals surface area (Å²) in [4.78, 5) is 12.2. The van der Waals surface area contributed by atoms with E-state index in [0.29, 0.717) is 18.4 Å². The van der Waals surface area contributed by atoms with Crippen LogP contribution >= 0.6 is 0 Å². The van der Waals surface area contributed by atoms with Crippen molar-refractivity contribution < 1.29 is 9.53 Å². The van der Waals surface area contributed by atoms with Crippen LogP contribution in [0.15, 0.2) is 24.4 Å². The fraction of sp³-hybridized carbons (Fsp3) is 0.571. The van der Waals surface area contributed by atoms with E-state index in [-0.39, 0.29) is 5.97 Å². The zero-order chi connectivity index (χ0) is 18.8. The first-order chi connectivity index (χ1) is 11.6. The largest absolute Gasteiger partial charge is 0.427 e. The highest BCUT2D eigenvalue weighted by molar-refractivity contribution is 6.91. The summed E-state index contributed by atoms with van der Waals surface area (Å²) < 4.78 is 8.16. The normalized spacial score (nSPS) is 13.4. The molecule has 1 atom stereocenters. The van der Waals surface area contributed by atoms with Gasteiger partial charge in [0.25, 0.3) is 0 Å². The zero-order valence-electron chi connectivity index (χ0n) is 16.8. The molecule has 1 unspecified atom stereocenters. The summed E-state index contributed by atoms with van der Waals surface area (Å²) in [6.45, 7) is 15.5. The highest BCUT2D eigenvalue weighted by Crippen LogP contribution is 2.28. The molecule has 0 saturated carbocycles. The lowest BCUT2D eigenvalue weighted by Crippen LogP contribution is -2.39. The number of aromatic nitrogens is 1. The molecule has 0 aliphatic carbocycles. The van der Waals surface area contributed by atoms with Crippen molar-refractivity contribution >= 4 is 30.1 Å². The molecule has 4 heteroatoms. The summed E-state index contributed by atoms with van der Waals surface area (Å²) in [7, 11) is -1.68. The second-order valence-corrected chi connectivity index (χ2v) is 13.6. The standard InChI is InChI=1S/C21H33NO2Si/c1-8-9-16(4)22-13-12-17-18(22)10-11-19(21(17)25(5,6)7)24-20(23)14-15(2)3/h10-13,15-16H,8-9,14H2,1-7H3. The Morgan fingerprint density at radius 3 is 2.40 bits per heavy atom. The molecule has 0 aliphatic rings. The third-order valence-corrected chi connectivity index (χ3v) is 6.61. The molecule has 0 spiro atoms.